The van der Waals surface area contributed by atoms with Gasteiger partial charge in [-0.1, -0.05) is 0 Å². The fourth-order valence-corrected chi connectivity index (χ4v) is 3.14. The van der Waals surface area contributed by atoms with Gasteiger partial charge < -0.3 is 9.80 Å². The zero-order chi connectivity index (χ0) is 17.8. The Bertz CT molecular complexity index is 1170. The molecule has 0 atom stereocenters. The highest BCUT2D eigenvalue weighted by atomic mass is 16.1. The van der Waals surface area contributed by atoms with Gasteiger partial charge in [0.05, 0.1) is 12.2 Å². The Labute approximate surface area is 146 Å². The van der Waals surface area contributed by atoms with Gasteiger partial charge in [0, 0.05) is 27.2 Å². The molecule has 0 aliphatic carbocycles. The van der Waals surface area contributed by atoms with E-state index in [0.717, 1.165) is 18.9 Å². The van der Waals surface area contributed by atoms with E-state index < -0.39 is 0 Å². The van der Waals surface area contributed by atoms with Gasteiger partial charge in [-0.15, -0.1) is 15.3 Å². The van der Waals surface area contributed by atoms with Crippen LogP contribution in [0.2, 0.25) is 0 Å². The van der Waals surface area contributed by atoms with Crippen molar-refractivity contribution in [1.29, 1.82) is 0 Å². The molecule has 0 saturated carbocycles. The van der Waals surface area contributed by atoms with Crippen LogP contribution in [0, 0.1) is 0 Å². The van der Waals surface area contributed by atoms with Gasteiger partial charge in [0.25, 0.3) is 5.56 Å². The summed E-state index contributed by atoms with van der Waals surface area (Å²) in [6.07, 6.45) is 3.11. The topological polar surface area (TPSA) is 113 Å². The van der Waals surface area contributed by atoms with Crippen LogP contribution in [0.15, 0.2) is 29.5 Å². The van der Waals surface area contributed by atoms with Crippen molar-refractivity contribution in [2.24, 2.45) is 7.05 Å². The highest BCUT2D eigenvalue weighted by Crippen LogP contribution is 2.23. The minimum absolute atomic E-state index is 0.180. The van der Waals surface area contributed by atoms with Crippen LogP contribution in [0.4, 0.5) is 11.8 Å². The smallest absolute Gasteiger partial charge is 0.263 e. The van der Waals surface area contributed by atoms with E-state index in [1.165, 1.54) is 6.20 Å². The highest BCUT2D eigenvalue weighted by Gasteiger charge is 2.32. The molecular formula is C15H16N10O. The highest BCUT2D eigenvalue weighted by molar-refractivity contribution is 5.74. The van der Waals surface area contributed by atoms with Crippen molar-refractivity contribution in [3.63, 3.8) is 0 Å². The van der Waals surface area contributed by atoms with Crippen LogP contribution in [-0.2, 0) is 7.05 Å². The molecule has 1 aliphatic rings. The molecule has 0 bridgehead atoms. The lowest BCUT2D eigenvalue weighted by Gasteiger charge is -2.44. The molecule has 5 rings (SSSR count). The predicted octanol–water partition coefficient (Wildman–Crippen LogP) is -0.581. The first kappa shape index (κ1) is 14.8. The first-order valence-electron chi connectivity index (χ1n) is 8.17. The average molecular weight is 352 g/mol. The van der Waals surface area contributed by atoms with Gasteiger partial charge in [-0.2, -0.15) is 14.6 Å². The summed E-state index contributed by atoms with van der Waals surface area (Å²) >= 11 is 0. The van der Waals surface area contributed by atoms with Crippen molar-refractivity contribution < 1.29 is 0 Å². The van der Waals surface area contributed by atoms with Gasteiger partial charge >= 0.3 is 0 Å². The fourth-order valence-electron chi connectivity index (χ4n) is 3.14. The minimum Gasteiger partial charge on any atom is -0.351 e. The second kappa shape index (κ2) is 5.25. The lowest BCUT2D eigenvalue weighted by atomic mass is 10.1. The molecule has 11 nitrogen and oxygen atoms in total. The molecule has 1 N–H and O–H groups in total. The van der Waals surface area contributed by atoms with E-state index >= 15 is 0 Å². The lowest BCUT2D eigenvalue weighted by Crippen LogP contribution is -2.59. The third-order valence-corrected chi connectivity index (χ3v) is 4.80. The summed E-state index contributed by atoms with van der Waals surface area (Å²) < 4.78 is 3.26. The molecule has 4 aromatic rings. The Morgan fingerprint density at radius 1 is 1.31 bits per heavy atom. The molecular weight excluding hydrogens is 336 g/mol. The predicted molar refractivity (Wildman–Crippen MR) is 94.3 cm³/mol. The van der Waals surface area contributed by atoms with E-state index in [1.54, 1.807) is 22.6 Å². The van der Waals surface area contributed by atoms with Crippen molar-refractivity contribution in [1.82, 2.24) is 39.6 Å². The average Bonchev–Trinajstić information content (AvgIpc) is 3.20. The number of H-pyrrole nitrogens is 1. The first-order chi connectivity index (χ1) is 12.6. The molecule has 1 saturated heterocycles. The van der Waals surface area contributed by atoms with Crippen LogP contribution in [0.1, 0.15) is 0 Å². The van der Waals surface area contributed by atoms with E-state index in [4.69, 9.17) is 0 Å². The number of hydrogen-bond acceptors (Lipinski definition) is 8. The number of fused-ring (bicyclic) bond motifs is 2. The zero-order valence-corrected chi connectivity index (χ0v) is 14.2. The van der Waals surface area contributed by atoms with Gasteiger partial charge in [0.15, 0.2) is 11.3 Å². The van der Waals surface area contributed by atoms with E-state index in [-0.39, 0.29) is 11.6 Å². The Kier molecular flexibility index (Phi) is 2.99. The fraction of sp³-hybridized carbons (Fsp3) is 0.333. The second-order valence-corrected chi connectivity index (χ2v) is 6.39. The van der Waals surface area contributed by atoms with Crippen LogP contribution < -0.4 is 15.4 Å². The molecule has 1 aliphatic heterocycles. The summed E-state index contributed by atoms with van der Waals surface area (Å²) in [6, 6.07) is 4.05. The molecule has 1 fully saturated rings. The summed E-state index contributed by atoms with van der Waals surface area (Å²) in [5, 5.41) is 16.9. The zero-order valence-electron chi connectivity index (χ0n) is 14.2. The number of nitrogens with one attached hydrogen (secondary N) is 1. The van der Waals surface area contributed by atoms with Gasteiger partial charge in [0.1, 0.15) is 17.5 Å². The van der Waals surface area contributed by atoms with Crippen LogP contribution in [0.5, 0.6) is 0 Å². The molecule has 5 heterocycles. The Morgan fingerprint density at radius 3 is 3.00 bits per heavy atom. The number of hydrogen-bond donors (Lipinski definition) is 1. The maximum atomic E-state index is 12.2. The van der Waals surface area contributed by atoms with E-state index in [9.17, 15) is 4.79 Å². The molecule has 0 spiro atoms. The number of rotatable bonds is 3. The van der Waals surface area contributed by atoms with Crippen molar-refractivity contribution in [3.05, 3.63) is 35.0 Å². The minimum atomic E-state index is -0.180. The third kappa shape index (κ3) is 2.13. The number of aromatic amines is 1. The van der Waals surface area contributed by atoms with E-state index in [0.29, 0.717) is 22.6 Å². The summed E-state index contributed by atoms with van der Waals surface area (Å²) in [7, 11) is 3.70. The van der Waals surface area contributed by atoms with Gasteiger partial charge in [-0.25, -0.2) is 0 Å². The summed E-state index contributed by atoms with van der Waals surface area (Å²) in [4.78, 5) is 23.7. The molecule has 0 unspecified atom stereocenters. The summed E-state index contributed by atoms with van der Waals surface area (Å²) in [6.45, 7) is 1.56. The molecule has 132 valence electrons. The second-order valence-electron chi connectivity index (χ2n) is 6.39. The Hall–Kier alpha value is -3.50. The standard InChI is InChI=1S/C15H16N10O/c1-22(15-18-13-10(14(26)19-15)5-17-23(13)2)9-6-24(7-9)12-4-3-11-20-16-8-25(11)21-12/h3-5,8-9H,6-7H2,1-2H3,(H,18,19,26). The van der Waals surface area contributed by atoms with Gasteiger partial charge in [0.2, 0.25) is 5.95 Å². The quantitative estimate of drug-likeness (QED) is 0.521. The number of likely N-dealkylation sites (N-methyl/N-ethyl adjacent to an activating group) is 1. The number of aryl methyl sites for hydroxylation is 1. The monoisotopic (exact) mass is 352 g/mol. The van der Waals surface area contributed by atoms with Crippen LogP contribution in [0.25, 0.3) is 16.7 Å². The van der Waals surface area contributed by atoms with Crippen LogP contribution in [-0.4, -0.2) is 65.7 Å². The third-order valence-electron chi connectivity index (χ3n) is 4.80. The van der Waals surface area contributed by atoms with E-state index in [2.05, 4.69) is 35.3 Å². The van der Waals surface area contributed by atoms with Crippen molar-refractivity contribution in [3.8, 4) is 0 Å². The Balaban J connectivity index is 1.37. The van der Waals surface area contributed by atoms with Crippen LogP contribution in [0.3, 0.4) is 0 Å². The van der Waals surface area contributed by atoms with Crippen molar-refractivity contribution >= 4 is 28.4 Å². The molecule has 0 aromatic carbocycles. The molecule has 0 amide bonds. The van der Waals surface area contributed by atoms with Crippen molar-refractivity contribution in [2.45, 2.75) is 6.04 Å². The molecule has 4 aromatic heterocycles. The maximum absolute atomic E-state index is 12.2. The number of anilines is 2. The summed E-state index contributed by atoms with van der Waals surface area (Å²) in [5.74, 6) is 1.41. The molecule has 11 heteroatoms. The molecule has 0 radical (unpaired) electrons. The Morgan fingerprint density at radius 2 is 2.15 bits per heavy atom. The summed E-state index contributed by atoms with van der Waals surface area (Å²) in [5.41, 5.74) is 1.11. The number of aromatic nitrogens is 8. The lowest BCUT2D eigenvalue weighted by molar-refractivity contribution is 0.484. The largest absolute Gasteiger partial charge is 0.351 e. The SMILES string of the molecule is CN(c1nc2c(cnn2C)c(=O)[nH]1)C1CN(c2ccc3nncn3n2)C1. The van der Waals surface area contributed by atoms with Gasteiger partial charge in [-0.05, 0) is 12.1 Å². The normalized spacial score (nSPS) is 14.9. The van der Waals surface area contributed by atoms with Crippen LogP contribution >= 0.6 is 0 Å². The van der Waals surface area contributed by atoms with Crippen molar-refractivity contribution in [2.75, 3.05) is 29.9 Å². The maximum Gasteiger partial charge on any atom is 0.263 e. The van der Waals surface area contributed by atoms with Gasteiger partial charge in [-0.3, -0.25) is 14.5 Å². The first-order valence-corrected chi connectivity index (χ1v) is 8.17. The van der Waals surface area contributed by atoms with E-state index in [1.807, 2.05) is 24.1 Å². The number of nitrogens with zero attached hydrogens (tertiary/aromatic N) is 9. The molecule has 26 heavy (non-hydrogen) atoms.